The van der Waals surface area contributed by atoms with Crippen molar-refractivity contribution in [3.63, 3.8) is 0 Å². The van der Waals surface area contributed by atoms with E-state index in [1.807, 2.05) is 0 Å². The van der Waals surface area contributed by atoms with Crippen molar-refractivity contribution in [2.75, 3.05) is 0 Å². The lowest BCUT2D eigenvalue weighted by molar-refractivity contribution is 0.968. The Labute approximate surface area is 71.4 Å². The van der Waals surface area contributed by atoms with Crippen LogP contribution in [0.15, 0.2) is 18.2 Å². The molecule has 2 rings (SSSR count). The first-order chi connectivity index (χ1) is 5.77. The van der Waals surface area contributed by atoms with Gasteiger partial charge in [-0.25, -0.2) is 0 Å². The van der Waals surface area contributed by atoms with Gasteiger partial charge in [-0.1, -0.05) is 0 Å². The van der Waals surface area contributed by atoms with Crippen LogP contribution in [-0.2, 0) is 0 Å². The third-order valence-corrected chi connectivity index (χ3v) is 2.09. The molecule has 6 heteroatoms. The number of hydrogen-bond donors (Lipinski definition) is 1. The topological polar surface area (TPSA) is 77.8 Å². The normalized spacial score (nSPS) is 10.3. The van der Waals surface area contributed by atoms with E-state index in [1.165, 1.54) is 23.9 Å². The molecule has 0 radical (unpaired) electrons. The summed E-state index contributed by atoms with van der Waals surface area (Å²) in [5.41, 5.74) is 1.46. The Kier molecular flexibility index (Phi) is 1.47. The van der Waals surface area contributed by atoms with Crippen molar-refractivity contribution in [3.05, 3.63) is 34.0 Å². The molecule has 0 aromatic heterocycles. The third kappa shape index (κ3) is 1.02. The van der Waals surface area contributed by atoms with Gasteiger partial charge in [0.25, 0.3) is 0 Å². The molecule has 0 aromatic rings. The highest BCUT2D eigenvalue weighted by atomic mass is 32.1. The Hall–Kier alpha value is -1.56. The maximum absolute atomic E-state index is 10.3. The fourth-order valence-corrected chi connectivity index (χ4v) is 1.49. The molecule has 1 heterocycles. The van der Waals surface area contributed by atoms with E-state index < -0.39 is 4.90 Å². The number of hydrogen-bond acceptors (Lipinski definition) is 4. The lowest BCUT2D eigenvalue weighted by Crippen LogP contribution is -2.17. The molecule has 0 fully saturated rings. The molecular formula is C6H4N3O2S-. The van der Waals surface area contributed by atoms with Crippen LogP contribution in [-0.4, -0.2) is 8.75 Å². The summed E-state index contributed by atoms with van der Waals surface area (Å²) >= 11 is 1.18. The summed E-state index contributed by atoms with van der Waals surface area (Å²) in [5, 5.41) is 20.8. The van der Waals surface area contributed by atoms with Crippen LogP contribution in [0, 0.1) is 10.4 Å². The molecule has 0 spiro atoms. The van der Waals surface area contributed by atoms with Crippen molar-refractivity contribution in [3.8, 4) is 11.4 Å². The van der Waals surface area contributed by atoms with E-state index in [2.05, 4.69) is 8.75 Å². The average molecular weight is 182 g/mol. The van der Waals surface area contributed by atoms with Crippen molar-refractivity contribution >= 4 is 11.7 Å². The minimum atomic E-state index is -0.426. The summed E-state index contributed by atoms with van der Waals surface area (Å²) in [4.78, 5) is -0.426. The Morgan fingerprint density at radius 1 is 1.42 bits per heavy atom. The lowest BCUT2D eigenvalue weighted by Gasteiger charge is -2.02. The summed E-state index contributed by atoms with van der Waals surface area (Å²) in [6.45, 7) is 0. The van der Waals surface area contributed by atoms with Crippen LogP contribution >= 0.6 is 11.7 Å². The number of aromatic amines is 1. The zero-order valence-electron chi connectivity index (χ0n) is 5.85. The molecule has 1 aliphatic carbocycles. The van der Waals surface area contributed by atoms with Gasteiger partial charge in [0.2, 0.25) is 5.36 Å². The highest BCUT2D eigenvalue weighted by Gasteiger charge is 2.04. The van der Waals surface area contributed by atoms with Crippen LogP contribution in [0.2, 0.25) is 0 Å². The maximum atomic E-state index is 10.3. The SMILES string of the molecule is [O-][N+]([O-])=c1ccc2ns[nH]c-2c1. The molecule has 0 amide bonds. The van der Waals surface area contributed by atoms with E-state index in [9.17, 15) is 10.4 Å². The number of fused-ring (bicyclic) bond motifs is 1. The minimum absolute atomic E-state index is 0.0824. The van der Waals surface area contributed by atoms with E-state index in [0.717, 1.165) is 5.69 Å². The Morgan fingerprint density at radius 3 is 3.00 bits per heavy atom. The molecular weight excluding hydrogens is 178 g/mol. The van der Waals surface area contributed by atoms with Crippen molar-refractivity contribution in [2.24, 2.45) is 0 Å². The molecule has 1 N–H and O–H groups in total. The van der Waals surface area contributed by atoms with Crippen molar-refractivity contribution < 1.29 is 0 Å². The number of H-pyrrole nitrogens is 1. The molecule has 2 aliphatic rings. The van der Waals surface area contributed by atoms with Gasteiger partial charge in [0.15, 0.2) is 0 Å². The maximum Gasteiger partial charge on any atom is 0.224 e. The smallest absolute Gasteiger partial charge is 0.224 e. The first-order valence-electron chi connectivity index (χ1n) is 3.19. The van der Waals surface area contributed by atoms with Gasteiger partial charge in [0.1, 0.15) is 5.69 Å². The average Bonchev–Trinajstić information content (AvgIpc) is 2.49. The lowest BCUT2D eigenvalue weighted by atomic mass is 10.2. The summed E-state index contributed by atoms with van der Waals surface area (Å²) < 4.78 is 6.82. The first-order valence-corrected chi connectivity index (χ1v) is 3.96. The molecule has 5 nitrogen and oxygen atoms in total. The van der Waals surface area contributed by atoms with Gasteiger partial charge in [0, 0.05) is 23.9 Å². The number of nitrogens with zero attached hydrogens (tertiary/aromatic N) is 2. The van der Waals surface area contributed by atoms with E-state index in [1.54, 1.807) is 6.07 Å². The van der Waals surface area contributed by atoms with Crippen molar-refractivity contribution in [1.82, 2.24) is 13.6 Å². The van der Waals surface area contributed by atoms with E-state index >= 15 is 0 Å². The summed E-state index contributed by atoms with van der Waals surface area (Å²) in [5.74, 6) is 0. The molecule has 0 aromatic carbocycles. The number of aromatic nitrogens is 2. The highest BCUT2D eigenvalue weighted by Crippen LogP contribution is 2.14. The van der Waals surface area contributed by atoms with Gasteiger partial charge in [-0.15, -0.1) is 0 Å². The summed E-state index contributed by atoms with van der Waals surface area (Å²) in [6, 6.07) is 4.54. The molecule has 0 atom stereocenters. The second-order valence-corrected chi connectivity index (χ2v) is 2.81. The molecule has 1 aliphatic heterocycles. The molecule has 0 bridgehead atoms. The van der Waals surface area contributed by atoms with Crippen LogP contribution in [0.1, 0.15) is 0 Å². The molecule has 0 saturated carbocycles. The van der Waals surface area contributed by atoms with E-state index in [0.29, 0.717) is 5.69 Å². The monoisotopic (exact) mass is 182 g/mol. The molecule has 0 saturated heterocycles. The largest absolute Gasteiger partial charge is 0.612 e. The Morgan fingerprint density at radius 2 is 2.25 bits per heavy atom. The van der Waals surface area contributed by atoms with Gasteiger partial charge in [-0.3, -0.25) is 4.37 Å². The van der Waals surface area contributed by atoms with E-state index in [4.69, 9.17) is 0 Å². The third-order valence-electron chi connectivity index (χ3n) is 1.49. The summed E-state index contributed by atoms with van der Waals surface area (Å²) in [6.07, 6.45) is 0. The fourth-order valence-electron chi connectivity index (χ4n) is 0.920. The summed E-state index contributed by atoms with van der Waals surface area (Å²) in [7, 11) is 0. The number of nitrogens with one attached hydrogen (secondary N) is 1. The molecule has 12 heavy (non-hydrogen) atoms. The zero-order valence-corrected chi connectivity index (χ0v) is 6.67. The fraction of sp³-hybridized carbons (Fsp3) is 0. The van der Waals surface area contributed by atoms with Crippen LogP contribution in [0.25, 0.3) is 11.4 Å². The molecule has 0 unspecified atom stereocenters. The number of rotatable bonds is 0. The zero-order chi connectivity index (χ0) is 8.55. The van der Waals surface area contributed by atoms with Crippen LogP contribution in [0.5, 0.6) is 0 Å². The predicted molar refractivity (Wildman–Crippen MR) is 45.1 cm³/mol. The van der Waals surface area contributed by atoms with Gasteiger partial charge < -0.3 is 10.4 Å². The van der Waals surface area contributed by atoms with Crippen molar-refractivity contribution in [2.45, 2.75) is 0 Å². The van der Waals surface area contributed by atoms with Gasteiger partial charge in [-0.2, -0.15) is 9.28 Å². The molecule has 62 valence electrons. The van der Waals surface area contributed by atoms with Crippen LogP contribution in [0.3, 0.4) is 0 Å². The van der Waals surface area contributed by atoms with Crippen LogP contribution in [0.4, 0.5) is 0 Å². The Balaban J connectivity index is 2.79. The van der Waals surface area contributed by atoms with Gasteiger partial charge in [0.05, 0.1) is 5.69 Å². The highest BCUT2D eigenvalue weighted by molar-refractivity contribution is 6.99. The van der Waals surface area contributed by atoms with Crippen LogP contribution < -0.4 is 10.3 Å². The van der Waals surface area contributed by atoms with Gasteiger partial charge in [-0.05, 0) is 6.07 Å². The van der Waals surface area contributed by atoms with Crippen molar-refractivity contribution in [1.29, 1.82) is 0 Å². The second kappa shape index (κ2) is 2.49. The Bertz CT molecular complexity index is 429. The first kappa shape index (κ1) is 7.11. The standard InChI is InChI=1S/C6H4N3O2S/c10-9(11)4-1-2-5-6(3-4)8-12-7-5/h1-3,8H/q-1. The van der Waals surface area contributed by atoms with E-state index in [-0.39, 0.29) is 5.36 Å². The minimum Gasteiger partial charge on any atom is -0.612 e. The predicted octanol–water partition coefficient (Wildman–Crippen LogP) is 0.344. The number of benzene rings is 1. The quantitative estimate of drug-likeness (QED) is 0.597. The van der Waals surface area contributed by atoms with Gasteiger partial charge >= 0.3 is 0 Å². The second-order valence-electron chi connectivity index (χ2n) is 2.24.